The first-order valence-corrected chi connectivity index (χ1v) is 5.98. The van der Waals surface area contributed by atoms with Gasteiger partial charge in [-0.05, 0) is 12.1 Å². The summed E-state index contributed by atoms with van der Waals surface area (Å²) in [4.78, 5) is 19.9. The molecule has 6 heteroatoms. The average molecular weight is 265 g/mol. The maximum Gasteiger partial charge on any atom is 0.267 e. The molecule has 6 nitrogen and oxygen atoms in total. The standard InChI is InChI=1S/C14H11N5O/c15-13(20)12-9-11(10-5-2-1-3-6-10)17-14(18-12)19-8-4-7-16-19/h1-9H,(H2,15,20). The molecule has 0 bridgehead atoms. The van der Waals surface area contributed by atoms with Crippen LogP contribution < -0.4 is 5.73 Å². The Morgan fingerprint density at radius 1 is 1.10 bits per heavy atom. The summed E-state index contributed by atoms with van der Waals surface area (Å²) in [5.74, 6) is -0.289. The van der Waals surface area contributed by atoms with E-state index in [1.807, 2.05) is 30.3 Å². The van der Waals surface area contributed by atoms with Crippen molar-refractivity contribution in [1.29, 1.82) is 0 Å². The molecule has 0 unspecified atom stereocenters. The summed E-state index contributed by atoms with van der Waals surface area (Å²) < 4.78 is 1.48. The largest absolute Gasteiger partial charge is 0.364 e. The fourth-order valence-corrected chi connectivity index (χ4v) is 1.81. The Balaban J connectivity index is 2.18. The molecule has 0 aliphatic rings. The second kappa shape index (κ2) is 4.93. The van der Waals surface area contributed by atoms with Crippen LogP contribution in [-0.2, 0) is 0 Å². The molecule has 0 aliphatic heterocycles. The van der Waals surface area contributed by atoms with Gasteiger partial charge in [0.1, 0.15) is 5.69 Å². The number of hydrogen-bond donors (Lipinski definition) is 1. The molecule has 98 valence electrons. The van der Waals surface area contributed by atoms with Crippen LogP contribution in [0.3, 0.4) is 0 Å². The normalized spacial score (nSPS) is 10.4. The van der Waals surface area contributed by atoms with Crippen molar-refractivity contribution in [2.24, 2.45) is 5.73 Å². The molecular formula is C14H11N5O. The SMILES string of the molecule is NC(=O)c1cc(-c2ccccc2)nc(-n2cccn2)n1. The first kappa shape index (κ1) is 12.0. The van der Waals surface area contributed by atoms with Gasteiger partial charge in [0.25, 0.3) is 11.9 Å². The van der Waals surface area contributed by atoms with Crippen molar-refractivity contribution in [1.82, 2.24) is 19.7 Å². The lowest BCUT2D eigenvalue weighted by Gasteiger charge is -2.06. The molecular weight excluding hydrogens is 254 g/mol. The summed E-state index contributed by atoms with van der Waals surface area (Å²) in [6.07, 6.45) is 3.32. The van der Waals surface area contributed by atoms with Crippen molar-refractivity contribution in [3.63, 3.8) is 0 Å². The van der Waals surface area contributed by atoms with E-state index in [1.54, 1.807) is 24.5 Å². The summed E-state index contributed by atoms with van der Waals surface area (Å²) in [5, 5.41) is 4.06. The van der Waals surface area contributed by atoms with Crippen LogP contribution in [0.2, 0.25) is 0 Å². The maximum absolute atomic E-state index is 11.4. The van der Waals surface area contributed by atoms with Gasteiger partial charge in [-0.15, -0.1) is 0 Å². The van der Waals surface area contributed by atoms with Gasteiger partial charge in [-0.25, -0.2) is 14.6 Å². The lowest BCUT2D eigenvalue weighted by Crippen LogP contribution is -2.16. The third-order valence-electron chi connectivity index (χ3n) is 2.75. The van der Waals surface area contributed by atoms with Gasteiger partial charge in [0.05, 0.1) is 5.69 Å². The highest BCUT2D eigenvalue weighted by atomic mass is 16.1. The zero-order valence-electron chi connectivity index (χ0n) is 10.5. The zero-order valence-corrected chi connectivity index (χ0v) is 10.5. The van der Waals surface area contributed by atoms with Crippen molar-refractivity contribution >= 4 is 5.91 Å². The summed E-state index contributed by atoms with van der Waals surface area (Å²) in [6.45, 7) is 0. The number of amides is 1. The molecule has 2 N–H and O–H groups in total. The maximum atomic E-state index is 11.4. The number of hydrogen-bond acceptors (Lipinski definition) is 4. The second-order valence-electron chi connectivity index (χ2n) is 4.12. The molecule has 0 saturated heterocycles. The molecule has 0 radical (unpaired) electrons. The number of carbonyl (C=O) groups excluding carboxylic acids is 1. The van der Waals surface area contributed by atoms with Gasteiger partial charge in [-0.2, -0.15) is 5.10 Å². The Morgan fingerprint density at radius 2 is 1.90 bits per heavy atom. The van der Waals surface area contributed by atoms with E-state index >= 15 is 0 Å². The smallest absolute Gasteiger partial charge is 0.267 e. The predicted octanol–water partition coefficient (Wildman–Crippen LogP) is 1.43. The summed E-state index contributed by atoms with van der Waals surface area (Å²) in [7, 11) is 0. The van der Waals surface area contributed by atoms with Gasteiger partial charge >= 0.3 is 0 Å². The lowest BCUT2D eigenvalue weighted by atomic mass is 10.1. The van der Waals surface area contributed by atoms with Gasteiger partial charge in [-0.1, -0.05) is 30.3 Å². The minimum Gasteiger partial charge on any atom is -0.364 e. The molecule has 2 heterocycles. The van der Waals surface area contributed by atoms with Crippen LogP contribution >= 0.6 is 0 Å². The van der Waals surface area contributed by atoms with E-state index in [0.717, 1.165) is 5.56 Å². The molecule has 0 saturated carbocycles. The molecule has 0 aliphatic carbocycles. The Bertz CT molecular complexity index is 738. The highest BCUT2D eigenvalue weighted by molar-refractivity contribution is 5.92. The highest BCUT2D eigenvalue weighted by Gasteiger charge is 2.11. The van der Waals surface area contributed by atoms with Crippen LogP contribution in [0, 0.1) is 0 Å². The number of nitrogens with two attached hydrogens (primary N) is 1. The molecule has 0 atom stereocenters. The molecule has 0 spiro atoms. The summed E-state index contributed by atoms with van der Waals surface area (Å²) in [6, 6.07) is 12.8. The van der Waals surface area contributed by atoms with Crippen molar-refractivity contribution in [2.45, 2.75) is 0 Å². The molecule has 3 aromatic rings. The predicted molar refractivity (Wildman–Crippen MR) is 73.1 cm³/mol. The van der Waals surface area contributed by atoms with E-state index in [4.69, 9.17) is 5.73 Å². The Hall–Kier alpha value is -3.02. The quantitative estimate of drug-likeness (QED) is 0.776. The molecule has 20 heavy (non-hydrogen) atoms. The number of benzene rings is 1. The van der Waals surface area contributed by atoms with Crippen LogP contribution in [-0.4, -0.2) is 25.7 Å². The van der Waals surface area contributed by atoms with E-state index in [-0.39, 0.29) is 5.69 Å². The fourth-order valence-electron chi connectivity index (χ4n) is 1.81. The molecule has 1 aromatic carbocycles. The minimum atomic E-state index is -0.599. The molecule has 0 fully saturated rings. The second-order valence-corrected chi connectivity index (χ2v) is 4.12. The van der Waals surface area contributed by atoms with Gasteiger partial charge in [-0.3, -0.25) is 4.79 Å². The fraction of sp³-hybridized carbons (Fsp3) is 0. The lowest BCUT2D eigenvalue weighted by molar-refractivity contribution is 0.0995. The van der Waals surface area contributed by atoms with Crippen LogP contribution in [0.5, 0.6) is 0 Å². The van der Waals surface area contributed by atoms with Crippen molar-refractivity contribution in [2.75, 3.05) is 0 Å². The van der Waals surface area contributed by atoms with Crippen LogP contribution in [0.25, 0.3) is 17.2 Å². The van der Waals surface area contributed by atoms with Crippen LogP contribution in [0.4, 0.5) is 0 Å². The molecule has 2 aromatic heterocycles. The Labute approximate surface area is 114 Å². The Kier molecular flexibility index (Phi) is 2.96. The van der Waals surface area contributed by atoms with Gasteiger partial charge in [0.2, 0.25) is 0 Å². The van der Waals surface area contributed by atoms with Crippen molar-refractivity contribution in [3.05, 3.63) is 60.6 Å². The number of aromatic nitrogens is 4. The summed E-state index contributed by atoms with van der Waals surface area (Å²) >= 11 is 0. The van der Waals surface area contributed by atoms with Crippen molar-refractivity contribution < 1.29 is 4.79 Å². The van der Waals surface area contributed by atoms with E-state index in [2.05, 4.69) is 15.1 Å². The van der Waals surface area contributed by atoms with Crippen molar-refractivity contribution in [3.8, 4) is 17.2 Å². The topological polar surface area (TPSA) is 86.7 Å². The van der Waals surface area contributed by atoms with Gasteiger partial charge in [0.15, 0.2) is 0 Å². The van der Waals surface area contributed by atoms with E-state index < -0.39 is 5.91 Å². The van der Waals surface area contributed by atoms with Crippen LogP contribution in [0.15, 0.2) is 54.9 Å². The number of carbonyl (C=O) groups is 1. The molecule has 1 amide bonds. The minimum absolute atomic E-state index is 0.157. The first-order chi connectivity index (χ1) is 9.74. The number of rotatable bonds is 3. The van der Waals surface area contributed by atoms with E-state index in [0.29, 0.717) is 11.6 Å². The average Bonchev–Trinajstić information content (AvgIpc) is 3.02. The number of primary amides is 1. The Morgan fingerprint density at radius 3 is 2.55 bits per heavy atom. The van der Waals surface area contributed by atoms with Gasteiger partial charge < -0.3 is 5.73 Å². The first-order valence-electron chi connectivity index (χ1n) is 5.98. The van der Waals surface area contributed by atoms with E-state index in [9.17, 15) is 4.79 Å². The molecule has 3 rings (SSSR count). The highest BCUT2D eigenvalue weighted by Crippen LogP contribution is 2.18. The summed E-state index contributed by atoms with van der Waals surface area (Å²) in [5.41, 5.74) is 6.99. The monoisotopic (exact) mass is 265 g/mol. The van der Waals surface area contributed by atoms with Crippen LogP contribution in [0.1, 0.15) is 10.5 Å². The third-order valence-corrected chi connectivity index (χ3v) is 2.75. The van der Waals surface area contributed by atoms with Gasteiger partial charge in [0, 0.05) is 18.0 Å². The van der Waals surface area contributed by atoms with E-state index in [1.165, 1.54) is 4.68 Å². The number of nitrogens with zero attached hydrogens (tertiary/aromatic N) is 4. The third kappa shape index (κ3) is 2.26. The zero-order chi connectivity index (χ0) is 13.9.